The molecule has 1 heterocycles. The summed E-state index contributed by atoms with van der Waals surface area (Å²) in [6.45, 7) is 8.95. The number of phenolic OH excluding ortho intramolecular Hbond substituents is 2. The lowest BCUT2D eigenvalue weighted by Crippen LogP contribution is -2.51. The summed E-state index contributed by atoms with van der Waals surface area (Å²) in [5, 5.41) is 21.9. The molecule has 0 amide bonds. The van der Waals surface area contributed by atoms with Crippen LogP contribution >= 0.6 is 0 Å². The smallest absolute Gasteiger partial charge is 0.157 e. The van der Waals surface area contributed by atoms with Gasteiger partial charge >= 0.3 is 0 Å². The van der Waals surface area contributed by atoms with E-state index in [-0.39, 0.29) is 34.5 Å². The Morgan fingerprint density at radius 2 is 1.71 bits per heavy atom. The van der Waals surface area contributed by atoms with E-state index < -0.39 is 11.4 Å². The first-order chi connectivity index (χ1) is 16.7. The predicted molar refractivity (Wildman–Crippen MR) is 134 cm³/mol. The summed E-state index contributed by atoms with van der Waals surface area (Å²) in [4.78, 5) is 24.0. The van der Waals surface area contributed by atoms with E-state index in [9.17, 15) is 19.8 Å². The van der Waals surface area contributed by atoms with Gasteiger partial charge in [0.15, 0.2) is 12.6 Å². The lowest BCUT2D eigenvalue weighted by atomic mass is 9.56. The molecule has 3 aliphatic rings. The van der Waals surface area contributed by atoms with Gasteiger partial charge in [0, 0.05) is 17.4 Å². The van der Waals surface area contributed by atoms with E-state index in [0.717, 1.165) is 18.4 Å². The maximum absolute atomic E-state index is 12.1. The fourth-order valence-electron chi connectivity index (χ4n) is 7.09. The van der Waals surface area contributed by atoms with E-state index in [0.29, 0.717) is 41.8 Å². The van der Waals surface area contributed by atoms with Gasteiger partial charge in [-0.15, -0.1) is 0 Å². The fraction of sp³-hybridized carbons (Fsp3) is 0.467. The largest absolute Gasteiger partial charge is 0.507 e. The van der Waals surface area contributed by atoms with Crippen LogP contribution in [0.2, 0.25) is 0 Å². The number of ether oxygens (including phenoxy) is 1. The Morgan fingerprint density at radius 3 is 2.34 bits per heavy atom. The Hall–Kier alpha value is -3.08. The van der Waals surface area contributed by atoms with Crippen molar-refractivity contribution in [3.8, 4) is 17.2 Å². The Morgan fingerprint density at radius 1 is 1.03 bits per heavy atom. The Bertz CT molecular complexity index is 1200. The molecule has 184 valence electrons. The van der Waals surface area contributed by atoms with Crippen LogP contribution in [0.1, 0.15) is 84.7 Å². The first kappa shape index (κ1) is 23.7. The van der Waals surface area contributed by atoms with Gasteiger partial charge in [0.25, 0.3) is 0 Å². The number of benzene rings is 2. The molecule has 0 radical (unpaired) electrons. The van der Waals surface area contributed by atoms with E-state index in [1.807, 2.05) is 30.3 Å². The minimum absolute atomic E-state index is 0.0195. The van der Waals surface area contributed by atoms with Crippen molar-refractivity contribution in [3.63, 3.8) is 0 Å². The Labute approximate surface area is 206 Å². The highest BCUT2D eigenvalue weighted by Gasteiger charge is 2.54. The maximum atomic E-state index is 12.1. The van der Waals surface area contributed by atoms with Gasteiger partial charge in [0.2, 0.25) is 0 Å². The van der Waals surface area contributed by atoms with E-state index in [2.05, 4.69) is 33.8 Å². The van der Waals surface area contributed by atoms with Gasteiger partial charge in [0.05, 0.1) is 11.1 Å². The first-order valence-electron chi connectivity index (χ1n) is 12.7. The van der Waals surface area contributed by atoms with Crippen molar-refractivity contribution in [2.24, 2.45) is 29.6 Å². The molecule has 2 aliphatic carbocycles. The molecule has 2 aromatic carbocycles. The number of aromatic hydroxyl groups is 2. The Kier molecular flexibility index (Phi) is 5.77. The summed E-state index contributed by atoms with van der Waals surface area (Å²) in [6.07, 6.45) is 6.45. The predicted octanol–water partition coefficient (Wildman–Crippen LogP) is 6.27. The number of rotatable bonds is 4. The average molecular weight is 475 g/mol. The van der Waals surface area contributed by atoms with Crippen molar-refractivity contribution in [2.45, 2.75) is 58.5 Å². The van der Waals surface area contributed by atoms with Crippen molar-refractivity contribution in [1.82, 2.24) is 0 Å². The SMILES string of the molecule is CC(C)C1CCC(C)C2CC3C(c4ccccc4)c4c(O)c(C=O)c(O)c(C=O)c4OC3(C)C=C12. The van der Waals surface area contributed by atoms with Gasteiger partial charge in [-0.2, -0.15) is 0 Å². The zero-order chi connectivity index (χ0) is 25.1. The number of fused-ring (bicyclic) bond motifs is 3. The van der Waals surface area contributed by atoms with Crippen LogP contribution in [0.15, 0.2) is 42.0 Å². The normalized spacial score (nSPS) is 31.5. The van der Waals surface area contributed by atoms with Crippen molar-refractivity contribution in [1.29, 1.82) is 0 Å². The molecule has 5 rings (SSSR count). The maximum Gasteiger partial charge on any atom is 0.157 e. The molecule has 1 saturated carbocycles. The van der Waals surface area contributed by atoms with Crippen molar-refractivity contribution >= 4 is 12.6 Å². The number of hydrogen-bond donors (Lipinski definition) is 2. The number of allylic oxidation sites excluding steroid dienone is 1. The van der Waals surface area contributed by atoms with E-state index >= 15 is 0 Å². The standard InChI is InChI=1S/C30H34O5/c1-16(2)19-11-10-17(3)20-12-24-25(18-8-6-5-7-9-18)26-28(34)22(14-31)27(33)23(15-32)29(26)35-30(24,4)13-21(19)20/h5-9,13-17,19-20,24-25,33-34H,10-12H2,1-4H3. The molecule has 0 aromatic heterocycles. The van der Waals surface area contributed by atoms with Gasteiger partial charge in [-0.25, -0.2) is 0 Å². The summed E-state index contributed by atoms with van der Waals surface area (Å²) >= 11 is 0. The molecule has 6 atom stereocenters. The molecule has 35 heavy (non-hydrogen) atoms. The summed E-state index contributed by atoms with van der Waals surface area (Å²) in [7, 11) is 0. The second-order valence-corrected chi connectivity index (χ2v) is 11.2. The van der Waals surface area contributed by atoms with Crippen LogP contribution in [-0.4, -0.2) is 28.4 Å². The van der Waals surface area contributed by atoms with Crippen molar-refractivity contribution < 1.29 is 24.5 Å². The average Bonchev–Trinajstić information content (AvgIpc) is 2.82. The summed E-state index contributed by atoms with van der Waals surface area (Å²) < 4.78 is 6.63. The summed E-state index contributed by atoms with van der Waals surface area (Å²) in [6, 6.07) is 9.91. The van der Waals surface area contributed by atoms with Gasteiger partial charge < -0.3 is 14.9 Å². The highest BCUT2D eigenvalue weighted by molar-refractivity contribution is 5.95. The number of phenols is 2. The van der Waals surface area contributed by atoms with Gasteiger partial charge in [0.1, 0.15) is 22.8 Å². The molecule has 2 aromatic rings. The third kappa shape index (κ3) is 3.50. The van der Waals surface area contributed by atoms with Crippen molar-refractivity contribution in [3.05, 3.63) is 64.2 Å². The monoisotopic (exact) mass is 474 g/mol. The molecule has 2 N–H and O–H groups in total. The molecule has 0 bridgehead atoms. The minimum Gasteiger partial charge on any atom is -0.507 e. The van der Waals surface area contributed by atoms with Crippen LogP contribution in [0.3, 0.4) is 0 Å². The van der Waals surface area contributed by atoms with Crippen LogP contribution in [0.5, 0.6) is 17.2 Å². The highest BCUT2D eigenvalue weighted by Crippen LogP contribution is 2.61. The van der Waals surface area contributed by atoms with Gasteiger partial charge in [-0.1, -0.05) is 56.7 Å². The number of hydrogen-bond acceptors (Lipinski definition) is 5. The summed E-state index contributed by atoms with van der Waals surface area (Å²) in [5.74, 6) is 0.983. The lowest BCUT2D eigenvalue weighted by molar-refractivity contribution is 0.00700. The van der Waals surface area contributed by atoms with Crippen LogP contribution in [0.25, 0.3) is 0 Å². The van der Waals surface area contributed by atoms with E-state index in [1.54, 1.807) is 0 Å². The zero-order valence-electron chi connectivity index (χ0n) is 20.8. The number of carbonyl (C=O) groups excluding carboxylic acids is 2. The molecule has 0 saturated heterocycles. The molecule has 1 fully saturated rings. The topological polar surface area (TPSA) is 83.8 Å². The second kappa shape index (κ2) is 8.54. The third-order valence-corrected chi connectivity index (χ3v) is 8.92. The molecule has 5 heteroatoms. The van der Waals surface area contributed by atoms with Gasteiger partial charge in [-0.3, -0.25) is 9.59 Å². The van der Waals surface area contributed by atoms with Crippen LogP contribution in [0, 0.1) is 29.6 Å². The minimum atomic E-state index is -0.733. The van der Waals surface area contributed by atoms with E-state index in [1.165, 1.54) is 12.0 Å². The number of aldehydes is 2. The fourth-order valence-corrected chi connectivity index (χ4v) is 7.09. The zero-order valence-corrected chi connectivity index (χ0v) is 20.8. The summed E-state index contributed by atoms with van der Waals surface area (Å²) in [5.41, 5.74) is 1.77. The quantitative estimate of drug-likeness (QED) is 0.403. The highest BCUT2D eigenvalue weighted by atomic mass is 16.5. The molecule has 5 nitrogen and oxygen atoms in total. The van der Waals surface area contributed by atoms with Crippen LogP contribution < -0.4 is 4.74 Å². The molecule has 1 aliphatic heterocycles. The molecular weight excluding hydrogens is 440 g/mol. The van der Waals surface area contributed by atoms with Crippen LogP contribution in [-0.2, 0) is 0 Å². The van der Waals surface area contributed by atoms with Gasteiger partial charge in [-0.05, 0) is 61.5 Å². The second-order valence-electron chi connectivity index (χ2n) is 11.2. The first-order valence-corrected chi connectivity index (χ1v) is 12.7. The van der Waals surface area contributed by atoms with Crippen molar-refractivity contribution in [2.75, 3.05) is 0 Å². The molecule has 6 unspecified atom stereocenters. The van der Waals surface area contributed by atoms with E-state index in [4.69, 9.17) is 4.74 Å². The van der Waals surface area contributed by atoms with Crippen LogP contribution in [0.4, 0.5) is 0 Å². The number of carbonyl (C=O) groups is 2. The Balaban J connectivity index is 1.80. The molecular formula is C30H34O5. The third-order valence-electron chi connectivity index (χ3n) is 8.92. The molecule has 0 spiro atoms. The lowest BCUT2D eigenvalue weighted by Gasteiger charge is -2.54.